The molecule has 1 aliphatic heterocycles. The number of carboxylic acids is 1. The standard InChI is InChI=1S/C18H22N2O4/c21-16(12-5-1-2-6-12)19-14-8-3-7-13(11-14)17(22)20-10-4-9-15(20)18(23)24/h3,7-8,11-12,15H,1-2,4-6,9-10H2,(H,19,21)(H,23,24)/t15-/m0/s1. The number of nitrogens with zero attached hydrogens (tertiary/aromatic N) is 1. The van der Waals surface area contributed by atoms with Gasteiger partial charge in [-0.1, -0.05) is 18.9 Å². The molecule has 1 aliphatic carbocycles. The van der Waals surface area contributed by atoms with Crippen molar-refractivity contribution in [1.82, 2.24) is 4.90 Å². The molecule has 1 atom stereocenters. The number of aliphatic carboxylic acids is 1. The van der Waals surface area contributed by atoms with Crippen molar-refractivity contribution < 1.29 is 19.5 Å². The van der Waals surface area contributed by atoms with E-state index in [1.54, 1.807) is 24.3 Å². The van der Waals surface area contributed by atoms with Gasteiger partial charge in [0.25, 0.3) is 5.91 Å². The number of likely N-dealkylation sites (tertiary alicyclic amines) is 1. The average Bonchev–Trinajstić information content (AvgIpc) is 3.25. The molecule has 128 valence electrons. The second-order valence-corrected chi connectivity index (χ2v) is 6.55. The predicted molar refractivity (Wildman–Crippen MR) is 88.7 cm³/mol. The van der Waals surface area contributed by atoms with Crippen LogP contribution in [0.4, 0.5) is 5.69 Å². The maximum atomic E-state index is 12.6. The summed E-state index contributed by atoms with van der Waals surface area (Å²) in [7, 11) is 0. The molecular weight excluding hydrogens is 308 g/mol. The number of carbonyl (C=O) groups excluding carboxylic acids is 2. The lowest BCUT2D eigenvalue weighted by Gasteiger charge is -2.21. The highest BCUT2D eigenvalue weighted by molar-refractivity contribution is 5.99. The van der Waals surface area contributed by atoms with Crippen molar-refractivity contribution in [3.8, 4) is 0 Å². The molecule has 6 heteroatoms. The number of nitrogens with one attached hydrogen (secondary N) is 1. The lowest BCUT2D eigenvalue weighted by Crippen LogP contribution is -2.40. The van der Waals surface area contributed by atoms with Crippen LogP contribution in [0.1, 0.15) is 48.9 Å². The number of anilines is 1. The highest BCUT2D eigenvalue weighted by Gasteiger charge is 2.34. The van der Waals surface area contributed by atoms with Gasteiger partial charge in [0.1, 0.15) is 6.04 Å². The van der Waals surface area contributed by atoms with E-state index in [9.17, 15) is 19.5 Å². The van der Waals surface area contributed by atoms with Crippen LogP contribution < -0.4 is 5.32 Å². The zero-order valence-electron chi connectivity index (χ0n) is 13.5. The summed E-state index contributed by atoms with van der Waals surface area (Å²) in [5.74, 6) is -1.20. The normalized spacial score (nSPS) is 21.0. The van der Waals surface area contributed by atoms with E-state index in [0.29, 0.717) is 30.6 Å². The molecule has 2 fully saturated rings. The van der Waals surface area contributed by atoms with Crippen LogP contribution in [0.5, 0.6) is 0 Å². The van der Waals surface area contributed by atoms with Crippen molar-refractivity contribution in [2.75, 3.05) is 11.9 Å². The fourth-order valence-corrected chi connectivity index (χ4v) is 3.59. The highest BCUT2D eigenvalue weighted by Crippen LogP contribution is 2.26. The molecule has 0 radical (unpaired) electrons. The Balaban J connectivity index is 1.71. The van der Waals surface area contributed by atoms with Gasteiger partial charge in [0.05, 0.1) is 0 Å². The number of hydrogen-bond acceptors (Lipinski definition) is 3. The van der Waals surface area contributed by atoms with Gasteiger partial charge >= 0.3 is 5.97 Å². The van der Waals surface area contributed by atoms with Crippen LogP contribution in [0.25, 0.3) is 0 Å². The lowest BCUT2D eigenvalue weighted by molar-refractivity contribution is -0.141. The lowest BCUT2D eigenvalue weighted by atomic mass is 10.1. The van der Waals surface area contributed by atoms with E-state index in [1.165, 1.54) is 4.90 Å². The van der Waals surface area contributed by atoms with Gasteiger partial charge in [-0.2, -0.15) is 0 Å². The van der Waals surface area contributed by atoms with Gasteiger partial charge in [0, 0.05) is 23.7 Å². The Morgan fingerprint density at radius 2 is 1.83 bits per heavy atom. The Kier molecular flexibility index (Phi) is 4.83. The minimum Gasteiger partial charge on any atom is -0.480 e. The van der Waals surface area contributed by atoms with Crippen LogP contribution in [0, 0.1) is 5.92 Å². The van der Waals surface area contributed by atoms with Gasteiger partial charge in [-0.25, -0.2) is 4.79 Å². The molecule has 3 rings (SSSR count). The summed E-state index contributed by atoms with van der Waals surface area (Å²) in [5.41, 5.74) is 0.996. The molecule has 6 nitrogen and oxygen atoms in total. The van der Waals surface area contributed by atoms with E-state index < -0.39 is 12.0 Å². The number of rotatable bonds is 4. The third-order valence-corrected chi connectivity index (χ3v) is 4.90. The summed E-state index contributed by atoms with van der Waals surface area (Å²) >= 11 is 0. The van der Waals surface area contributed by atoms with Crippen LogP contribution in [0.2, 0.25) is 0 Å². The zero-order chi connectivity index (χ0) is 17.1. The van der Waals surface area contributed by atoms with Crippen molar-refractivity contribution >= 4 is 23.5 Å². The SMILES string of the molecule is O=C(Nc1cccc(C(=O)N2CCC[C@H]2C(=O)O)c1)C1CCCC1. The largest absolute Gasteiger partial charge is 0.480 e. The van der Waals surface area contributed by atoms with Crippen LogP contribution >= 0.6 is 0 Å². The molecule has 2 N–H and O–H groups in total. The van der Waals surface area contributed by atoms with Gasteiger partial charge in [-0.3, -0.25) is 9.59 Å². The second kappa shape index (κ2) is 7.03. The van der Waals surface area contributed by atoms with Crippen molar-refractivity contribution in [3.63, 3.8) is 0 Å². The van der Waals surface area contributed by atoms with Gasteiger partial charge in [0.2, 0.25) is 5.91 Å². The van der Waals surface area contributed by atoms with Crippen LogP contribution in [0.15, 0.2) is 24.3 Å². The molecular formula is C18H22N2O4. The van der Waals surface area contributed by atoms with Crippen molar-refractivity contribution in [3.05, 3.63) is 29.8 Å². The Bertz CT molecular complexity index is 652. The second-order valence-electron chi connectivity index (χ2n) is 6.55. The summed E-state index contributed by atoms with van der Waals surface area (Å²) in [6, 6.07) is 6.00. The molecule has 1 saturated heterocycles. The maximum absolute atomic E-state index is 12.6. The average molecular weight is 330 g/mol. The summed E-state index contributed by atoms with van der Waals surface area (Å²) in [6.07, 6.45) is 5.18. The fourth-order valence-electron chi connectivity index (χ4n) is 3.59. The molecule has 24 heavy (non-hydrogen) atoms. The summed E-state index contributed by atoms with van der Waals surface area (Å²) in [5, 5.41) is 12.1. The van der Waals surface area contributed by atoms with E-state index in [1.807, 2.05) is 0 Å². The molecule has 0 aromatic heterocycles. The number of carboxylic acid groups (broad SMARTS) is 1. The molecule has 0 spiro atoms. The molecule has 1 heterocycles. The van der Waals surface area contributed by atoms with Crippen molar-refractivity contribution in [1.29, 1.82) is 0 Å². The Labute approximate surface area is 140 Å². The first-order valence-corrected chi connectivity index (χ1v) is 8.51. The number of carbonyl (C=O) groups is 3. The molecule has 1 aromatic rings. The van der Waals surface area contributed by atoms with Crippen molar-refractivity contribution in [2.45, 2.75) is 44.6 Å². The maximum Gasteiger partial charge on any atom is 0.326 e. The quantitative estimate of drug-likeness (QED) is 0.888. The molecule has 1 saturated carbocycles. The first kappa shape index (κ1) is 16.5. The van der Waals surface area contributed by atoms with E-state index in [0.717, 1.165) is 25.7 Å². The monoisotopic (exact) mass is 330 g/mol. The first-order valence-electron chi connectivity index (χ1n) is 8.51. The highest BCUT2D eigenvalue weighted by atomic mass is 16.4. The van der Waals surface area contributed by atoms with Gasteiger partial charge in [0.15, 0.2) is 0 Å². The van der Waals surface area contributed by atoms with E-state index >= 15 is 0 Å². The van der Waals surface area contributed by atoms with E-state index in [-0.39, 0.29) is 17.7 Å². The van der Waals surface area contributed by atoms with Crippen LogP contribution in [-0.2, 0) is 9.59 Å². The van der Waals surface area contributed by atoms with Crippen LogP contribution in [-0.4, -0.2) is 40.4 Å². The first-order chi connectivity index (χ1) is 11.6. The third kappa shape index (κ3) is 3.42. The zero-order valence-corrected chi connectivity index (χ0v) is 13.5. The smallest absolute Gasteiger partial charge is 0.326 e. The van der Waals surface area contributed by atoms with Crippen LogP contribution in [0.3, 0.4) is 0 Å². The molecule has 2 amide bonds. The predicted octanol–water partition coefficient (Wildman–Crippen LogP) is 2.50. The molecule has 2 aliphatic rings. The number of hydrogen-bond donors (Lipinski definition) is 2. The number of amides is 2. The Morgan fingerprint density at radius 1 is 1.08 bits per heavy atom. The topological polar surface area (TPSA) is 86.7 Å². The molecule has 0 unspecified atom stereocenters. The summed E-state index contributed by atoms with van der Waals surface area (Å²) in [4.78, 5) is 37.5. The third-order valence-electron chi connectivity index (χ3n) is 4.90. The molecule has 0 bridgehead atoms. The molecule has 1 aromatic carbocycles. The van der Waals surface area contributed by atoms with Gasteiger partial charge in [-0.05, 0) is 43.9 Å². The fraction of sp³-hybridized carbons (Fsp3) is 0.500. The minimum absolute atomic E-state index is 0.00156. The van der Waals surface area contributed by atoms with Crippen molar-refractivity contribution in [2.24, 2.45) is 5.92 Å². The van der Waals surface area contributed by atoms with E-state index in [2.05, 4.69) is 5.32 Å². The minimum atomic E-state index is -0.966. The Hall–Kier alpha value is -2.37. The number of benzene rings is 1. The summed E-state index contributed by atoms with van der Waals surface area (Å²) in [6.45, 7) is 0.453. The Morgan fingerprint density at radius 3 is 2.54 bits per heavy atom. The van der Waals surface area contributed by atoms with Gasteiger partial charge < -0.3 is 15.3 Å². The summed E-state index contributed by atoms with van der Waals surface area (Å²) < 4.78 is 0. The van der Waals surface area contributed by atoms with Gasteiger partial charge in [-0.15, -0.1) is 0 Å². The van der Waals surface area contributed by atoms with E-state index in [4.69, 9.17) is 0 Å².